The fourth-order valence-corrected chi connectivity index (χ4v) is 5.98. The molecule has 2 aliphatic heterocycles. The van der Waals surface area contributed by atoms with Crippen LogP contribution in [0.4, 0.5) is 11.4 Å². The first-order valence-electron chi connectivity index (χ1n) is 12.8. The Morgan fingerprint density at radius 1 is 0.973 bits per heavy atom. The Morgan fingerprint density at radius 2 is 1.76 bits per heavy atom. The van der Waals surface area contributed by atoms with E-state index in [-0.39, 0.29) is 12.1 Å². The third-order valence-electron chi connectivity index (χ3n) is 7.41. The second-order valence-electron chi connectivity index (χ2n) is 9.87. The number of nitrogens with zero attached hydrogens (tertiary/aromatic N) is 3. The van der Waals surface area contributed by atoms with Gasteiger partial charge in [-0.2, -0.15) is 0 Å². The summed E-state index contributed by atoms with van der Waals surface area (Å²) in [5.74, 6) is 2.40. The lowest BCUT2D eigenvalue weighted by Crippen LogP contribution is -2.33. The van der Waals surface area contributed by atoms with Gasteiger partial charge in [0.25, 0.3) is 0 Å². The number of hydrogen-bond donors (Lipinski definition) is 1. The van der Waals surface area contributed by atoms with E-state index in [1.165, 1.54) is 12.8 Å². The highest BCUT2D eigenvalue weighted by Gasteiger charge is 2.42. The lowest BCUT2D eigenvalue weighted by molar-refractivity contribution is 0.438. The highest BCUT2D eigenvalue weighted by atomic mass is 35.5. The molecule has 2 aliphatic rings. The van der Waals surface area contributed by atoms with Crippen molar-refractivity contribution in [3.05, 3.63) is 102 Å². The predicted molar refractivity (Wildman–Crippen MR) is 154 cm³/mol. The minimum Gasteiger partial charge on any atom is -0.459 e. The Labute approximate surface area is 228 Å². The standard InChI is InChI=1S/C30H29ClN4OS/c1-20-14-17-34(18-15-20)25-11-10-22(19-23(25)31)35-29(28(33-30(35)37)24-9-5-6-16-32-24)27-13-12-26(36-27)21-7-3-2-4-8-21/h2-13,16,19-20,28-29H,14-15,17-18H2,1H3,(H,33,37). The first-order chi connectivity index (χ1) is 18.1. The normalized spacial score (nSPS) is 20.3. The maximum Gasteiger partial charge on any atom is 0.174 e. The van der Waals surface area contributed by atoms with E-state index in [2.05, 4.69) is 39.2 Å². The fourth-order valence-electron chi connectivity index (χ4n) is 5.34. The van der Waals surface area contributed by atoms with Gasteiger partial charge in [-0.05, 0) is 73.4 Å². The van der Waals surface area contributed by atoms with Gasteiger partial charge >= 0.3 is 0 Å². The molecule has 2 unspecified atom stereocenters. The minimum atomic E-state index is -0.224. The van der Waals surface area contributed by atoms with E-state index in [9.17, 15) is 0 Å². The zero-order chi connectivity index (χ0) is 25.4. The molecule has 2 atom stereocenters. The summed E-state index contributed by atoms with van der Waals surface area (Å²) in [5, 5.41) is 4.85. The van der Waals surface area contributed by atoms with Crippen LogP contribution in [-0.4, -0.2) is 23.2 Å². The van der Waals surface area contributed by atoms with Gasteiger partial charge in [0.1, 0.15) is 17.6 Å². The lowest BCUT2D eigenvalue weighted by atomic mass is 9.98. The predicted octanol–water partition coefficient (Wildman–Crippen LogP) is 7.41. The van der Waals surface area contributed by atoms with Gasteiger partial charge in [-0.1, -0.05) is 54.9 Å². The molecule has 0 saturated carbocycles. The Hall–Kier alpha value is -3.35. The SMILES string of the molecule is CC1CCN(c2ccc(N3C(=S)NC(c4ccccn4)C3c3ccc(-c4ccccc4)o3)cc2Cl)CC1. The Kier molecular flexibility index (Phi) is 6.61. The van der Waals surface area contributed by atoms with E-state index >= 15 is 0 Å². The molecule has 2 aromatic heterocycles. The van der Waals surface area contributed by atoms with Crippen LogP contribution in [0.2, 0.25) is 5.02 Å². The molecule has 0 aliphatic carbocycles. The van der Waals surface area contributed by atoms with Crippen molar-refractivity contribution in [1.82, 2.24) is 10.3 Å². The van der Waals surface area contributed by atoms with Crippen LogP contribution in [0.5, 0.6) is 0 Å². The summed E-state index contributed by atoms with van der Waals surface area (Å²) in [7, 11) is 0. The molecule has 5 nitrogen and oxygen atoms in total. The number of benzene rings is 2. The molecule has 0 bridgehead atoms. The quantitative estimate of drug-likeness (QED) is 0.272. The Balaban J connectivity index is 1.38. The van der Waals surface area contributed by atoms with Crippen molar-refractivity contribution in [2.24, 2.45) is 5.92 Å². The van der Waals surface area contributed by atoms with Crippen molar-refractivity contribution in [2.45, 2.75) is 31.8 Å². The number of hydrogen-bond acceptors (Lipinski definition) is 4. The number of nitrogens with one attached hydrogen (secondary N) is 1. The molecule has 6 rings (SSSR count). The molecule has 1 N–H and O–H groups in total. The molecular weight excluding hydrogens is 500 g/mol. The van der Waals surface area contributed by atoms with Gasteiger partial charge in [-0.15, -0.1) is 0 Å². The average Bonchev–Trinajstić information content (AvgIpc) is 3.55. The highest BCUT2D eigenvalue weighted by molar-refractivity contribution is 7.80. The van der Waals surface area contributed by atoms with Gasteiger partial charge in [0.05, 0.1) is 22.4 Å². The van der Waals surface area contributed by atoms with E-state index in [0.717, 1.165) is 58.2 Å². The molecule has 0 spiro atoms. The van der Waals surface area contributed by atoms with Crippen LogP contribution in [0.25, 0.3) is 11.3 Å². The maximum atomic E-state index is 6.89. The molecule has 188 valence electrons. The van der Waals surface area contributed by atoms with Gasteiger partial charge in [0.2, 0.25) is 0 Å². The molecule has 2 fully saturated rings. The zero-order valence-corrected chi connectivity index (χ0v) is 22.3. The van der Waals surface area contributed by atoms with Gasteiger partial charge in [-0.3, -0.25) is 4.98 Å². The smallest absolute Gasteiger partial charge is 0.174 e. The van der Waals surface area contributed by atoms with Gasteiger partial charge < -0.3 is 19.5 Å². The van der Waals surface area contributed by atoms with Crippen molar-refractivity contribution < 1.29 is 4.42 Å². The molecule has 37 heavy (non-hydrogen) atoms. The van der Waals surface area contributed by atoms with Crippen LogP contribution >= 0.6 is 23.8 Å². The topological polar surface area (TPSA) is 44.5 Å². The summed E-state index contributed by atoms with van der Waals surface area (Å²) in [4.78, 5) is 9.14. The van der Waals surface area contributed by atoms with Gasteiger partial charge in [0.15, 0.2) is 5.11 Å². The van der Waals surface area contributed by atoms with Crippen molar-refractivity contribution in [2.75, 3.05) is 22.9 Å². The van der Waals surface area contributed by atoms with Crippen molar-refractivity contribution in [1.29, 1.82) is 0 Å². The van der Waals surface area contributed by atoms with E-state index in [1.807, 2.05) is 72.9 Å². The third-order valence-corrected chi connectivity index (χ3v) is 8.03. The van der Waals surface area contributed by atoms with Crippen LogP contribution in [-0.2, 0) is 0 Å². The summed E-state index contributed by atoms with van der Waals surface area (Å²) in [6.07, 6.45) is 4.19. The highest BCUT2D eigenvalue weighted by Crippen LogP contribution is 2.44. The number of aromatic nitrogens is 1. The second-order valence-corrected chi connectivity index (χ2v) is 10.7. The molecule has 4 aromatic rings. The lowest BCUT2D eigenvalue weighted by Gasteiger charge is -2.33. The van der Waals surface area contributed by atoms with Crippen LogP contribution < -0.4 is 15.1 Å². The van der Waals surface area contributed by atoms with Crippen LogP contribution in [0.3, 0.4) is 0 Å². The summed E-state index contributed by atoms with van der Waals surface area (Å²) in [6.45, 7) is 4.38. The molecular formula is C30H29ClN4OS. The fraction of sp³-hybridized carbons (Fsp3) is 0.267. The monoisotopic (exact) mass is 528 g/mol. The molecule has 2 saturated heterocycles. The number of furan rings is 1. The number of anilines is 2. The zero-order valence-electron chi connectivity index (χ0n) is 20.7. The van der Waals surface area contributed by atoms with Gasteiger partial charge in [-0.25, -0.2) is 0 Å². The molecule has 4 heterocycles. The first kappa shape index (κ1) is 24.0. The molecule has 2 aromatic carbocycles. The van der Waals surface area contributed by atoms with E-state index in [0.29, 0.717) is 5.11 Å². The first-order valence-corrected chi connectivity index (χ1v) is 13.6. The minimum absolute atomic E-state index is 0.175. The second kappa shape index (κ2) is 10.2. The van der Waals surface area contributed by atoms with Crippen molar-refractivity contribution in [3.63, 3.8) is 0 Å². The molecule has 0 radical (unpaired) electrons. The average molecular weight is 529 g/mol. The van der Waals surface area contributed by atoms with Crippen LogP contribution in [0.15, 0.2) is 89.5 Å². The Morgan fingerprint density at radius 3 is 2.49 bits per heavy atom. The summed E-state index contributed by atoms with van der Waals surface area (Å²) in [5.41, 5.74) is 3.95. The summed E-state index contributed by atoms with van der Waals surface area (Å²) >= 11 is 12.8. The number of thiocarbonyl (C=S) groups is 1. The van der Waals surface area contributed by atoms with E-state index in [1.54, 1.807) is 0 Å². The van der Waals surface area contributed by atoms with Crippen molar-refractivity contribution in [3.8, 4) is 11.3 Å². The van der Waals surface area contributed by atoms with Crippen molar-refractivity contribution >= 4 is 40.3 Å². The maximum absolute atomic E-state index is 6.89. The van der Waals surface area contributed by atoms with E-state index in [4.69, 9.17) is 28.2 Å². The largest absolute Gasteiger partial charge is 0.459 e. The van der Waals surface area contributed by atoms with Gasteiger partial charge in [0, 0.05) is 30.5 Å². The number of rotatable bonds is 5. The molecule has 0 amide bonds. The number of piperidine rings is 1. The van der Waals surface area contributed by atoms with Crippen LogP contribution in [0, 0.1) is 5.92 Å². The van der Waals surface area contributed by atoms with E-state index < -0.39 is 0 Å². The number of halogens is 1. The summed E-state index contributed by atoms with van der Waals surface area (Å²) < 4.78 is 6.45. The Bertz CT molecular complexity index is 1390. The number of pyridine rings is 1. The molecule has 7 heteroatoms. The summed E-state index contributed by atoms with van der Waals surface area (Å²) in [6, 6.07) is 26.0. The third kappa shape index (κ3) is 4.72. The van der Waals surface area contributed by atoms with Crippen LogP contribution in [0.1, 0.15) is 43.3 Å².